The maximum atomic E-state index is 11.1. The van der Waals surface area contributed by atoms with Gasteiger partial charge in [-0.25, -0.2) is 4.99 Å². The normalized spacial score (nSPS) is 18.5. The maximum Gasteiger partial charge on any atom is 0.231 e. The lowest BCUT2D eigenvalue weighted by Crippen LogP contribution is -2.49. The molecule has 7 nitrogen and oxygen atoms in total. The Morgan fingerprint density at radius 2 is 2.00 bits per heavy atom. The summed E-state index contributed by atoms with van der Waals surface area (Å²) in [6, 6.07) is 8.98. The van der Waals surface area contributed by atoms with E-state index in [1.165, 1.54) is 11.3 Å². The van der Waals surface area contributed by atoms with Crippen LogP contribution in [0.25, 0.3) is 0 Å². The third-order valence-corrected chi connectivity index (χ3v) is 5.17. The van der Waals surface area contributed by atoms with E-state index in [-0.39, 0.29) is 5.91 Å². The fourth-order valence-electron chi connectivity index (χ4n) is 3.68. The van der Waals surface area contributed by atoms with Gasteiger partial charge in [0.2, 0.25) is 5.91 Å². The second-order valence-corrected chi connectivity index (χ2v) is 7.40. The first-order chi connectivity index (χ1) is 13.6. The summed E-state index contributed by atoms with van der Waals surface area (Å²) >= 11 is 0. The molecule has 1 aromatic carbocycles. The molecule has 0 spiro atoms. The molecular formula is C21H32N6O. The number of amides is 1. The number of nitrogens with zero attached hydrogens (tertiary/aromatic N) is 3. The Morgan fingerprint density at radius 1 is 1.25 bits per heavy atom. The number of anilines is 1. The molecule has 0 saturated carbocycles. The van der Waals surface area contributed by atoms with Crippen LogP contribution in [-0.2, 0) is 11.3 Å². The molecule has 1 aromatic rings. The van der Waals surface area contributed by atoms with Gasteiger partial charge < -0.3 is 21.3 Å². The summed E-state index contributed by atoms with van der Waals surface area (Å²) in [6.07, 6.45) is 6.36. The second-order valence-electron chi connectivity index (χ2n) is 7.40. The van der Waals surface area contributed by atoms with Crippen molar-refractivity contribution in [3.63, 3.8) is 0 Å². The average molecular weight is 385 g/mol. The Labute approximate surface area is 167 Å². The number of nitrogens with one attached hydrogen (secondary N) is 2. The third-order valence-electron chi connectivity index (χ3n) is 5.17. The van der Waals surface area contributed by atoms with Gasteiger partial charge in [-0.1, -0.05) is 24.3 Å². The molecule has 1 amide bonds. The van der Waals surface area contributed by atoms with E-state index in [1.54, 1.807) is 0 Å². The number of benzene rings is 1. The number of carbonyl (C=O) groups excluding carboxylic acids is 1. The summed E-state index contributed by atoms with van der Waals surface area (Å²) < 4.78 is 0. The first-order valence-electron chi connectivity index (χ1n) is 10.2. The molecule has 1 fully saturated rings. The highest BCUT2D eigenvalue weighted by atomic mass is 16.1. The Bertz CT molecular complexity index is 701. The molecule has 28 heavy (non-hydrogen) atoms. The van der Waals surface area contributed by atoms with Crippen LogP contribution in [0.2, 0.25) is 0 Å². The van der Waals surface area contributed by atoms with Crippen molar-refractivity contribution in [2.75, 3.05) is 44.2 Å². The molecule has 2 aliphatic heterocycles. The summed E-state index contributed by atoms with van der Waals surface area (Å²) in [5, 5.41) is 6.89. The molecule has 7 heteroatoms. The van der Waals surface area contributed by atoms with Crippen molar-refractivity contribution in [3.05, 3.63) is 42.0 Å². The fourth-order valence-corrected chi connectivity index (χ4v) is 3.68. The van der Waals surface area contributed by atoms with Crippen molar-refractivity contribution >= 4 is 17.6 Å². The maximum absolute atomic E-state index is 11.1. The molecule has 0 aromatic heterocycles. The van der Waals surface area contributed by atoms with Crippen LogP contribution in [0.1, 0.15) is 25.3 Å². The number of hydrogen-bond acceptors (Lipinski definition) is 4. The Hall–Kier alpha value is -2.54. The summed E-state index contributed by atoms with van der Waals surface area (Å²) in [7, 11) is 0. The van der Waals surface area contributed by atoms with Crippen molar-refractivity contribution in [1.29, 1.82) is 0 Å². The van der Waals surface area contributed by atoms with Crippen LogP contribution < -0.4 is 21.3 Å². The molecule has 4 N–H and O–H groups in total. The smallest absolute Gasteiger partial charge is 0.231 e. The van der Waals surface area contributed by atoms with Crippen LogP contribution in [0.15, 0.2) is 41.4 Å². The Kier molecular flexibility index (Phi) is 7.31. The highest BCUT2D eigenvalue weighted by molar-refractivity contribution is 5.80. The number of carbonyl (C=O) groups is 1. The molecule has 2 heterocycles. The van der Waals surface area contributed by atoms with Gasteiger partial charge in [0.1, 0.15) is 0 Å². The number of nitrogens with two attached hydrogens (primary N) is 1. The zero-order chi connectivity index (χ0) is 19.8. The first kappa shape index (κ1) is 20.2. The van der Waals surface area contributed by atoms with Gasteiger partial charge in [0.15, 0.2) is 5.96 Å². The van der Waals surface area contributed by atoms with E-state index in [9.17, 15) is 4.79 Å². The van der Waals surface area contributed by atoms with Gasteiger partial charge >= 0.3 is 0 Å². The van der Waals surface area contributed by atoms with Gasteiger partial charge in [-0.2, -0.15) is 0 Å². The Balaban J connectivity index is 1.54. The van der Waals surface area contributed by atoms with Crippen LogP contribution >= 0.6 is 0 Å². The van der Waals surface area contributed by atoms with Gasteiger partial charge in [-0.3, -0.25) is 9.69 Å². The number of primary amides is 1. The topological polar surface area (TPSA) is 86.0 Å². The highest BCUT2D eigenvalue weighted by Crippen LogP contribution is 2.19. The van der Waals surface area contributed by atoms with Crippen molar-refractivity contribution < 1.29 is 4.79 Å². The number of aliphatic imine (C=N–C) groups is 1. The lowest BCUT2D eigenvalue weighted by Gasteiger charge is -2.32. The van der Waals surface area contributed by atoms with Gasteiger partial charge in [-0.15, -0.1) is 0 Å². The van der Waals surface area contributed by atoms with Crippen molar-refractivity contribution in [3.8, 4) is 0 Å². The zero-order valence-corrected chi connectivity index (χ0v) is 16.7. The van der Waals surface area contributed by atoms with Gasteiger partial charge in [-0.05, 0) is 37.5 Å². The monoisotopic (exact) mass is 384 g/mol. The molecule has 152 valence electrons. The van der Waals surface area contributed by atoms with E-state index >= 15 is 0 Å². The summed E-state index contributed by atoms with van der Waals surface area (Å²) in [6.45, 7) is 7.61. The molecule has 0 bridgehead atoms. The van der Waals surface area contributed by atoms with E-state index in [2.05, 4.69) is 63.8 Å². The number of hydrogen-bond donors (Lipinski definition) is 3. The first-order valence-corrected chi connectivity index (χ1v) is 10.2. The van der Waals surface area contributed by atoms with E-state index in [4.69, 9.17) is 10.7 Å². The number of piperidine rings is 1. The predicted octanol–water partition coefficient (Wildman–Crippen LogP) is 1.07. The van der Waals surface area contributed by atoms with Crippen LogP contribution in [0, 0.1) is 0 Å². The highest BCUT2D eigenvalue weighted by Gasteiger charge is 2.20. The summed E-state index contributed by atoms with van der Waals surface area (Å²) in [5.74, 6) is 0.595. The lowest BCUT2D eigenvalue weighted by atomic mass is 10.1. The van der Waals surface area contributed by atoms with E-state index in [1.807, 2.05) is 0 Å². The van der Waals surface area contributed by atoms with Crippen LogP contribution in [0.3, 0.4) is 0 Å². The average Bonchev–Trinajstić information content (AvgIpc) is 3.22. The molecule has 1 saturated heterocycles. The van der Waals surface area contributed by atoms with Crippen molar-refractivity contribution in [1.82, 2.24) is 15.5 Å². The lowest BCUT2D eigenvalue weighted by molar-refractivity contribution is -0.119. The zero-order valence-electron chi connectivity index (χ0n) is 16.7. The minimum atomic E-state index is -0.256. The molecule has 0 unspecified atom stereocenters. The molecule has 0 radical (unpaired) electrons. The van der Waals surface area contributed by atoms with Gasteiger partial charge in [0, 0.05) is 44.5 Å². The van der Waals surface area contributed by atoms with Crippen molar-refractivity contribution in [2.45, 2.75) is 32.4 Å². The Morgan fingerprint density at radius 3 is 2.68 bits per heavy atom. The van der Waals surface area contributed by atoms with Crippen LogP contribution in [-0.4, -0.2) is 62.1 Å². The quantitative estimate of drug-likeness (QED) is 0.372. The van der Waals surface area contributed by atoms with E-state index in [0.717, 1.165) is 51.5 Å². The number of likely N-dealkylation sites (tertiary alicyclic amines) is 1. The van der Waals surface area contributed by atoms with E-state index < -0.39 is 0 Å². The molecule has 0 aliphatic carbocycles. The molecular weight excluding hydrogens is 352 g/mol. The van der Waals surface area contributed by atoms with Gasteiger partial charge in [0.25, 0.3) is 0 Å². The largest absolute Gasteiger partial charge is 0.369 e. The second kappa shape index (κ2) is 10.1. The molecule has 3 rings (SSSR count). The number of rotatable bonds is 7. The van der Waals surface area contributed by atoms with Crippen LogP contribution in [0.4, 0.5) is 5.69 Å². The predicted molar refractivity (Wildman–Crippen MR) is 114 cm³/mol. The number of guanidine groups is 1. The third kappa shape index (κ3) is 5.99. The summed E-state index contributed by atoms with van der Waals surface area (Å²) in [4.78, 5) is 20.3. The minimum absolute atomic E-state index is 0.256. The van der Waals surface area contributed by atoms with Crippen LogP contribution in [0.5, 0.6) is 0 Å². The van der Waals surface area contributed by atoms with E-state index in [0.29, 0.717) is 19.1 Å². The molecule has 2 aliphatic rings. The minimum Gasteiger partial charge on any atom is -0.369 e. The molecule has 0 atom stereocenters. The fraction of sp³-hybridized carbons (Fsp3) is 0.524. The standard InChI is InChI=1S/C21H32N6O/c1-2-23-21(25-18-8-12-26(13-9-18)16-20(22)28)24-15-17-6-5-7-19(14-17)27-10-3-4-11-27/h3-7,14,18H,2,8-13,15-16H2,1H3,(H2,22,28)(H2,23,24,25). The van der Waals surface area contributed by atoms with Crippen molar-refractivity contribution in [2.24, 2.45) is 10.7 Å². The summed E-state index contributed by atoms with van der Waals surface area (Å²) in [5.41, 5.74) is 7.75. The van der Waals surface area contributed by atoms with Gasteiger partial charge in [0.05, 0.1) is 13.1 Å². The SMILES string of the molecule is CCNC(=NCc1cccc(N2CC=CC2)c1)NC1CCN(CC(N)=O)CC1.